The molecule has 0 amide bonds. The van der Waals surface area contributed by atoms with Crippen LogP contribution in [0.3, 0.4) is 0 Å². The Morgan fingerprint density at radius 2 is 2.12 bits per heavy atom. The van der Waals surface area contributed by atoms with Crippen molar-refractivity contribution in [2.75, 3.05) is 6.61 Å². The van der Waals surface area contributed by atoms with Gasteiger partial charge in [-0.15, -0.1) is 5.10 Å². The molecule has 1 atom stereocenters. The summed E-state index contributed by atoms with van der Waals surface area (Å²) in [6.45, 7) is 0.693. The second kappa shape index (κ2) is 5.56. The van der Waals surface area contributed by atoms with Crippen molar-refractivity contribution in [2.45, 2.75) is 12.6 Å². The van der Waals surface area contributed by atoms with Crippen molar-refractivity contribution in [1.82, 2.24) is 20.3 Å². The van der Waals surface area contributed by atoms with Crippen LogP contribution in [0.2, 0.25) is 0 Å². The van der Waals surface area contributed by atoms with Crippen LogP contribution in [0.1, 0.15) is 17.3 Å². The summed E-state index contributed by atoms with van der Waals surface area (Å²) in [5.41, 5.74) is 2.06. The minimum absolute atomic E-state index is 0.0638. The van der Waals surface area contributed by atoms with Crippen molar-refractivity contribution in [3.8, 4) is 0 Å². The van der Waals surface area contributed by atoms with Crippen molar-refractivity contribution in [1.29, 1.82) is 0 Å². The number of aromatic nitrogens is 3. The third-order valence-electron chi connectivity index (χ3n) is 2.72. The van der Waals surface area contributed by atoms with Crippen LogP contribution in [0, 0.1) is 0 Å². The van der Waals surface area contributed by atoms with Gasteiger partial charge in [-0.1, -0.05) is 35.5 Å². The van der Waals surface area contributed by atoms with E-state index in [1.807, 2.05) is 37.4 Å². The van der Waals surface area contributed by atoms with Gasteiger partial charge in [0.25, 0.3) is 0 Å². The van der Waals surface area contributed by atoms with Gasteiger partial charge in [-0.25, -0.2) is 0 Å². The summed E-state index contributed by atoms with van der Waals surface area (Å²) in [5.74, 6) is 0. The predicted octanol–water partition coefficient (Wildman–Crippen LogP) is 0.638. The standard InChI is InChI=1S/C12H16N4O/c1-16-11(8-14-15-16)7-13-12(9-17)10-5-3-2-4-6-10/h2-6,8,12-13,17H,7,9H2,1H3. The normalized spacial score (nSPS) is 12.6. The zero-order valence-electron chi connectivity index (χ0n) is 9.74. The molecular formula is C12H16N4O. The lowest BCUT2D eigenvalue weighted by atomic mass is 10.1. The predicted molar refractivity (Wildman–Crippen MR) is 64.1 cm³/mol. The number of rotatable bonds is 5. The van der Waals surface area contributed by atoms with Crippen LogP contribution in [0.4, 0.5) is 0 Å². The monoisotopic (exact) mass is 232 g/mol. The van der Waals surface area contributed by atoms with Gasteiger partial charge in [0.2, 0.25) is 0 Å². The molecule has 0 spiro atoms. The highest BCUT2D eigenvalue weighted by atomic mass is 16.3. The molecule has 17 heavy (non-hydrogen) atoms. The summed E-state index contributed by atoms with van der Waals surface area (Å²) < 4.78 is 1.71. The van der Waals surface area contributed by atoms with Gasteiger partial charge < -0.3 is 10.4 Å². The van der Waals surface area contributed by atoms with Crippen LogP contribution in [-0.2, 0) is 13.6 Å². The first-order valence-corrected chi connectivity index (χ1v) is 5.54. The summed E-state index contributed by atoms with van der Waals surface area (Å²) in [4.78, 5) is 0. The molecule has 1 unspecified atom stereocenters. The van der Waals surface area contributed by atoms with Gasteiger partial charge in [-0.3, -0.25) is 4.68 Å². The average Bonchev–Trinajstić information content (AvgIpc) is 2.77. The van der Waals surface area contributed by atoms with Crippen LogP contribution >= 0.6 is 0 Å². The third kappa shape index (κ3) is 2.89. The zero-order chi connectivity index (χ0) is 12.1. The topological polar surface area (TPSA) is 63.0 Å². The van der Waals surface area contributed by atoms with Crippen molar-refractivity contribution in [2.24, 2.45) is 7.05 Å². The summed E-state index contributed by atoms with van der Waals surface area (Å²) in [7, 11) is 1.85. The van der Waals surface area contributed by atoms with E-state index in [0.717, 1.165) is 11.3 Å². The number of nitrogens with one attached hydrogen (secondary N) is 1. The molecule has 1 aromatic carbocycles. The number of aliphatic hydroxyl groups excluding tert-OH is 1. The summed E-state index contributed by atoms with van der Waals surface area (Å²) in [5, 5.41) is 20.3. The summed E-state index contributed by atoms with van der Waals surface area (Å²) >= 11 is 0. The molecule has 2 aromatic rings. The molecule has 2 N–H and O–H groups in total. The Hall–Kier alpha value is -1.72. The highest BCUT2D eigenvalue weighted by Crippen LogP contribution is 2.12. The quantitative estimate of drug-likeness (QED) is 0.794. The Balaban J connectivity index is 1.99. The van der Waals surface area contributed by atoms with E-state index in [2.05, 4.69) is 15.6 Å². The highest BCUT2D eigenvalue weighted by molar-refractivity contribution is 5.19. The van der Waals surface area contributed by atoms with Crippen LogP contribution < -0.4 is 5.32 Å². The Kier molecular flexibility index (Phi) is 3.85. The highest BCUT2D eigenvalue weighted by Gasteiger charge is 2.10. The maximum absolute atomic E-state index is 9.38. The Morgan fingerprint density at radius 3 is 2.71 bits per heavy atom. The first kappa shape index (κ1) is 11.8. The summed E-state index contributed by atoms with van der Waals surface area (Å²) in [6, 6.07) is 9.82. The Labute approximate surface area is 100 Å². The molecule has 0 saturated carbocycles. The molecule has 2 rings (SSSR count). The molecule has 5 heteroatoms. The molecule has 90 valence electrons. The fraction of sp³-hybridized carbons (Fsp3) is 0.333. The maximum Gasteiger partial charge on any atom is 0.0738 e. The lowest BCUT2D eigenvalue weighted by molar-refractivity contribution is 0.243. The van der Waals surface area contributed by atoms with Gasteiger partial charge in [-0.2, -0.15) is 0 Å². The Bertz CT molecular complexity index is 455. The molecule has 0 aliphatic carbocycles. The fourth-order valence-electron chi connectivity index (χ4n) is 1.67. The van der Waals surface area contributed by atoms with Crippen LogP contribution in [-0.4, -0.2) is 26.7 Å². The van der Waals surface area contributed by atoms with E-state index < -0.39 is 0 Å². The molecule has 0 aliphatic rings. The molecule has 1 aromatic heterocycles. The molecule has 0 saturated heterocycles. The first-order chi connectivity index (χ1) is 8.31. The van der Waals surface area contributed by atoms with Gasteiger partial charge in [0.05, 0.1) is 24.5 Å². The smallest absolute Gasteiger partial charge is 0.0738 e. The summed E-state index contributed by atoms with van der Waals surface area (Å²) in [6.07, 6.45) is 1.71. The SMILES string of the molecule is Cn1nncc1CNC(CO)c1ccccc1. The van der Waals surface area contributed by atoms with Crippen molar-refractivity contribution < 1.29 is 5.11 Å². The van der Waals surface area contributed by atoms with Crippen molar-refractivity contribution in [3.63, 3.8) is 0 Å². The van der Waals surface area contributed by atoms with E-state index in [4.69, 9.17) is 0 Å². The first-order valence-electron chi connectivity index (χ1n) is 5.54. The molecule has 0 radical (unpaired) electrons. The van der Waals surface area contributed by atoms with E-state index in [-0.39, 0.29) is 12.6 Å². The second-order valence-corrected chi connectivity index (χ2v) is 3.88. The molecule has 0 aliphatic heterocycles. The van der Waals surface area contributed by atoms with Crippen molar-refractivity contribution >= 4 is 0 Å². The average molecular weight is 232 g/mol. The number of aliphatic hydroxyl groups is 1. The molecular weight excluding hydrogens is 216 g/mol. The largest absolute Gasteiger partial charge is 0.394 e. The van der Waals surface area contributed by atoms with Gasteiger partial charge in [0.15, 0.2) is 0 Å². The van der Waals surface area contributed by atoms with Gasteiger partial charge in [0.1, 0.15) is 0 Å². The van der Waals surface area contributed by atoms with Crippen molar-refractivity contribution in [3.05, 3.63) is 47.8 Å². The van der Waals surface area contributed by atoms with Gasteiger partial charge in [0, 0.05) is 13.6 Å². The lowest BCUT2D eigenvalue weighted by Gasteiger charge is -2.16. The van der Waals surface area contributed by atoms with E-state index in [1.54, 1.807) is 10.9 Å². The van der Waals surface area contributed by atoms with Gasteiger partial charge in [-0.05, 0) is 5.56 Å². The zero-order valence-corrected chi connectivity index (χ0v) is 9.74. The second-order valence-electron chi connectivity index (χ2n) is 3.88. The Morgan fingerprint density at radius 1 is 1.35 bits per heavy atom. The van der Waals surface area contributed by atoms with E-state index >= 15 is 0 Å². The number of nitrogens with zero attached hydrogens (tertiary/aromatic N) is 3. The molecule has 0 fully saturated rings. The van der Waals surface area contributed by atoms with E-state index in [9.17, 15) is 5.11 Å². The number of hydrogen-bond acceptors (Lipinski definition) is 4. The minimum atomic E-state index is -0.0638. The maximum atomic E-state index is 9.38. The molecule has 5 nitrogen and oxygen atoms in total. The number of hydrogen-bond donors (Lipinski definition) is 2. The van der Waals surface area contributed by atoms with Gasteiger partial charge >= 0.3 is 0 Å². The number of aryl methyl sites for hydroxylation is 1. The lowest BCUT2D eigenvalue weighted by Crippen LogP contribution is -2.24. The van der Waals surface area contributed by atoms with E-state index in [0.29, 0.717) is 6.54 Å². The molecule has 1 heterocycles. The minimum Gasteiger partial charge on any atom is -0.394 e. The van der Waals surface area contributed by atoms with Crippen LogP contribution in [0.5, 0.6) is 0 Å². The third-order valence-corrected chi connectivity index (χ3v) is 2.72. The molecule has 0 bridgehead atoms. The number of benzene rings is 1. The van der Waals surface area contributed by atoms with Crippen LogP contribution in [0.25, 0.3) is 0 Å². The fourth-order valence-corrected chi connectivity index (χ4v) is 1.67. The van der Waals surface area contributed by atoms with E-state index in [1.165, 1.54) is 0 Å². The van der Waals surface area contributed by atoms with Crippen LogP contribution in [0.15, 0.2) is 36.5 Å².